The number of carbonyl (C=O) groups is 1. The van der Waals surface area contributed by atoms with Crippen LogP contribution >= 0.6 is 0 Å². The SMILES string of the molecule is NCCC(=O)c1c(O)cccc1OC1OC(CN=O)C(O)C(O)C1O. The van der Waals surface area contributed by atoms with Crippen LogP contribution in [0.1, 0.15) is 16.8 Å². The van der Waals surface area contributed by atoms with E-state index in [-0.39, 0.29) is 30.0 Å². The van der Waals surface area contributed by atoms with Gasteiger partial charge in [-0.1, -0.05) is 11.2 Å². The summed E-state index contributed by atoms with van der Waals surface area (Å²) >= 11 is 0. The molecule has 0 amide bonds. The molecule has 5 atom stereocenters. The van der Waals surface area contributed by atoms with Gasteiger partial charge in [-0.25, -0.2) is 0 Å². The third-order valence-electron chi connectivity index (χ3n) is 3.82. The van der Waals surface area contributed by atoms with E-state index >= 15 is 0 Å². The van der Waals surface area contributed by atoms with Gasteiger partial charge >= 0.3 is 0 Å². The van der Waals surface area contributed by atoms with Crippen molar-refractivity contribution in [1.82, 2.24) is 0 Å². The molecule has 138 valence electrons. The minimum absolute atomic E-state index is 0.0406. The molecule has 0 aliphatic carbocycles. The standard InChI is InChI=1S/C15H20N2O8/c16-5-4-8(19)11-7(18)2-1-3-9(11)24-15-14(22)13(21)12(20)10(25-15)6-17-23/h1-3,10,12-15,18,20-22H,4-6,16H2. The van der Waals surface area contributed by atoms with Gasteiger partial charge in [0, 0.05) is 6.42 Å². The molecule has 25 heavy (non-hydrogen) atoms. The Bertz CT molecular complexity index is 626. The van der Waals surface area contributed by atoms with Gasteiger partial charge in [-0.2, -0.15) is 4.91 Å². The molecule has 6 N–H and O–H groups in total. The number of aliphatic hydroxyl groups is 3. The molecule has 0 bridgehead atoms. The van der Waals surface area contributed by atoms with Crippen molar-refractivity contribution in [3.8, 4) is 11.5 Å². The van der Waals surface area contributed by atoms with Crippen LogP contribution < -0.4 is 10.5 Å². The second-order valence-electron chi connectivity index (χ2n) is 5.56. The molecule has 5 unspecified atom stereocenters. The third-order valence-corrected chi connectivity index (χ3v) is 3.82. The normalized spacial score (nSPS) is 29.2. The first-order valence-corrected chi connectivity index (χ1v) is 7.61. The molecule has 2 rings (SSSR count). The maximum atomic E-state index is 12.1. The van der Waals surface area contributed by atoms with Crippen molar-refractivity contribution in [2.45, 2.75) is 37.1 Å². The Labute approximate surface area is 142 Å². The van der Waals surface area contributed by atoms with Crippen LogP contribution in [0.4, 0.5) is 0 Å². The van der Waals surface area contributed by atoms with E-state index in [2.05, 4.69) is 5.18 Å². The first-order chi connectivity index (χ1) is 11.9. The highest BCUT2D eigenvalue weighted by Gasteiger charge is 2.45. The first kappa shape index (κ1) is 19.2. The topological polar surface area (TPSA) is 172 Å². The van der Waals surface area contributed by atoms with E-state index in [0.717, 1.165) is 0 Å². The van der Waals surface area contributed by atoms with E-state index in [1.165, 1.54) is 18.2 Å². The summed E-state index contributed by atoms with van der Waals surface area (Å²) in [7, 11) is 0. The summed E-state index contributed by atoms with van der Waals surface area (Å²) in [5.74, 6) is -0.913. The molecule has 1 aliphatic rings. The Morgan fingerprint density at radius 2 is 1.96 bits per heavy atom. The number of carbonyl (C=O) groups excluding carboxylic acids is 1. The molecule has 0 spiro atoms. The summed E-state index contributed by atoms with van der Waals surface area (Å²) in [5.41, 5.74) is 5.21. The lowest BCUT2D eigenvalue weighted by atomic mass is 9.99. The number of Topliss-reactive ketones (excluding diaryl/α,β-unsaturated/α-hetero) is 1. The lowest BCUT2D eigenvalue weighted by Crippen LogP contribution is -2.59. The van der Waals surface area contributed by atoms with Gasteiger partial charge in [-0.05, 0) is 18.7 Å². The van der Waals surface area contributed by atoms with Crippen LogP contribution in [0.3, 0.4) is 0 Å². The Morgan fingerprint density at radius 1 is 1.24 bits per heavy atom. The Morgan fingerprint density at radius 3 is 2.60 bits per heavy atom. The highest BCUT2D eigenvalue weighted by atomic mass is 16.7. The molecule has 1 aromatic rings. The van der Waals surface area contributed by atoms with Crippen molar-refractivity contribution < 1.29 is 34.7 Å². The highest BCUT2D eigenvalue weighted by molar-refractivity contribution is 6.01. The second-order valence-corrected chi connectivity index (χ2v) is 5.56. The van der Waals surface area contributed by atoms with Crippen LogP contribution in [0.25, 0.3) is 0 Å². The third kappa shape index (κ3) is 4.11. The molecule has 1 aliphatic heterocycles. The number of rotatable bonds is 7. The van der Waals surface area contributed by atoms with E-state index < -0.39 is 43.0 Å². The van der Waals surface area contributed by atoms with Gasteiger partial charge in [-0.15, -0.1) is 0 Å². The predicted octanol–water partition coefficient (Wildman–Crippen LogP) is -1.12. The summed E-state index contributed by atoms with van der Waals surface area (Å²) in [6.45, 7) is -0.406. The van der Waals surface area contributed by atoms with Crippen LogP contribution in [-0.2, 0) is 4.74 Å². The minimum atomic E-state index is -1.65. The quantitative estimate of drug-likeness (QED) is 0.299. The van der Waals surface area contributed by atoms with Crippen molar-refractivity contribution in [2.24, 2.45) is 10.9 Å². The fraction of sp³-hybridized carbons (Fsp3) is 0.533. The number of ether oxygens (including phenoxy) is 2. The number of benzene rings is 1. The Balaban J connectivity index is 2.27. The van der Waals surface area contributed by atoms with Crippen LogP contribution in [-0.4, -0.2) is 70.0 Å². The number of aliphatic hydroxyl groups excluding tert-OH is 3. The number of aromatic hydroxyl groups is 1. The lowest BCUT2D eigenvalue weighted by Gasteiger charge is -2.39. The van der Waals surface area contributed by atoms with E-state index in [1.54, 1.807) is 0 Å². The van der Waals surface area contributed by atoms with Crippen LogP contribution in [0, 0.1) is 4.91 Å². The van der Waals surface area contributed by atoms with Gasteiger partial charge in [0.25, 0.3) is 0 Å². The highest BCUT2D eigenvalue weighted by Crippen LogP contribution is 2.32. The monoisotopic (exact) mass is 356 g/mol. The number of phenolic OH excluding ortho intramolecular Hbond substituents is 1. The molecule has 0 aromatic heterocycles. The number of nitrogens with zero attached hydrogens (tertiary/aromatic N) is 1. The Hall–Kier alpha value is -2.11. The molecule has 1 aromatic carbocycles. The van der Waals surface area contributed by atoms with E-state index in [4.69, 9.17) is 15.2 Å². The van der Waals surface area contributed by atoms with Gasteiger partial charge in [-0.3, -0.25) is 4.79 Å². The first-order valence-electron chi connectivity index (χ1n) is 7.61. The zero-order valence-corrected chi connectivity index (χ0v) is 13.2. The summed E-state index contributed by atoms with van der Waals surface area (Å²) in [6.07, 6.45) is -7.56. The molecule has 0 saturated carbocycles. The van der Waals surface area contributed by atoms with Crippen molar-refractivity contribution in [1.29, 1.82) is 0 Å². The number of hydrogen-bond acceptors (Lipinski definition) is 10. The average molecular weight is 356 g/mol. The molecular weight excluding hydrogens is 336 g/mol. The smallest absolute Gasteiger partial charge is 0.229 e. The van der Waals surface area contributed by atoms with Crippen molar-refractivity contribution in [3.63, 3.8) is 0 Å². The molecule has 1 fully saturated rings. The molecule has 1 heterocycles. The lowest BCUT2D eigenvalue weighted by molar-refractivity contribution is -0.269. The Kier molecular flexibility index (Phi) is 6.39. The molecule has 1 saturated heterocycles. The van der Waals surface area contributed by atoms with E-state index in [9.17, 15) is 30.1 Å². The zero-order valence-electron chi connectivity index (χ0n) is 13.2. The number of nitrogens with two attached hydrogens (primary N) is 1. The maximum absolute atomic E-state index is 12.1. The molecular formula is C15H20N2O8. The van der Waals surface area contributed by atoms with Crippen molar-refractivity contribution in [3.05, 3.63) is 28.7 Å². The van der Waals surface area contributed by atoms with Crippen LogP contribution in [0.15, 0.2) is 23.4 Å². The van der Waals surface area contributed by atoms with Crippen LogP contribution in [0.2, 0.25) is 0 Å². The summed E-state index contributed by atoms with van der Waals surface area (Å²) in [5, 5.41) is 42.2. The van der Waals surface area contributed by atoms with Gasteiger partial charge in [0.2, 0.25) is 6.29 Å². The number of ketones is 1. The largest absolute Gasteiger partial charge is 0.507 e. The second kappa shape index (κ2) is 8.32. The van der Waals surface area contributed by atoms with Crippen LogP contribution in [0.5, 0.6) is 11.5 Å². The number of hydrogen-bond donors (Lipinski definition) is 5. The van der Waals surface area contributed by atoms with E-state index in [0.29, 0.717) is 0 Å². The number of phenols is 1. The fourth-order valence-electron chi connectivity index (χ4n) is 2.52. The summed E-state index contributed by atoms with van der Waals surface area (Å²) in [6, 6.07) is 4.06. The summed E-state index contributed by atoms with van der Waals surface area (Å²) in [4.78, 5) is 22.5. The van der Waals surface area contributed by atoms with Gasteiger partial charge < -0.3 is 35.6 Å². The van der Waals surface area contributed by atoms with Gasteiger partial charge in [0.05, 0.1) is 0 Å². The average Bonchev–Trinajstić information content (AvgIpc) is 2.57. The van der Waals surface area contributed by atoms with Gasteiger partial charge in [0.15, 0.2) is 5.78 Å². The molecule has 10 heteroatoms. The van der Waals surface area contributed by atoms with Crippen molar-refractivity contribution >= 4 is 5.78 Å². The van der Waals surface area contributed by atoms with E-state index in [1.807, 2.05) is 0 Å². The summed E-state index contributed by atoms with van der Waals surface area (Å²) < 4.78 is 10.7. The van der Waals surface area contributed by atoms with Gasteiger partial charge in [0.1, 0.15) is 48.0 Å². The van der Waals surface area contributed by atoms with Crippen molar-refractivity contribution in [2.75, 3.05) is 13.1 Å². The minimum Gasteiger partial charge on any atom is -0.507 e. The fourth-order valence-corrected chi connectivity index (χ4v) is 2.52. The molecule has 10 nitrogen and oxygen atoms in total. The maximum Gasteiger partial charge on any atom is 0.229 e. The predicted molar refractivity (Wildman–Crippen MR) is 84.1 cm³/mol. The number of nitroso groups, excluding NO2 is 1. The molecule has 0 radical (unpaired) electrons. The zero-order chi connectivity index (χ0) is 18.6.